The zero-order chi connectivity index (χ0) is 15.6. The maximum absolute atomic E-state index is 11.9. The van der Waals surface area contributed by atoms with Crippen LogP contribution in [0.25, 0.3) is 5.57 Å². The fraction of sp³-hybridized carbons (Fsp3) is 0.500. The first-order valence-corrected chi connectivity index (χ1v) is 7.57. The van der Waals surface area contributed by atoms with Crippen molar-refractivity contribution in [2.45, 2.75) is 52.7 Å². The molecular formula is C18H25NO2. The molecule has 0 spiro atoms. The van der Waals surface area contributed by atoms with Crippen molar-refractivity contribution in [1.82, 2.24) is 5.32 Å². The van der Waals surface area contributed by atoms with E-state index in [0.717, 1.165) is 24.0 Å². The van der Waals surface area contributed by atoms with E-state index in [-0.39, 0.29) is 23.5 Å². The molecule has 21 heavy (non-hydrogen) atoms. The van der Waals surface area contributed by atoms with Gasteiger partial charge in [0.15, 0.2) is 0 Å². The van der Waals surface area contributed by atoms with Gasteiger partial charge >= 0.3 is 0 Å². The van der Waals surface area contributed by atoms with Crippen LogP contribution in [0.3, 0.4) is 0 Å². The summed E-state index contributed by atoms with van der Waals surface area (Å²) in [6.45, 7) is 8.24. The molecule has 0 aliphatic heterocycles. The number of carbonyl (C=O) groups is 1. The van der Waals surface area contributed by atoms with Gasteiger partial charge in [0, 0.05) is 11.6 Å². The van der Waals surface area contributed by atoms with Gasteiger partial charge in [-0.3, -0.25) is 4.79 Å². The molecule has 1 aromatic carbocycles. The van der Waals surface area contributed by atoms with Gasteiger partial charge in [-0.25, -0.2) is 0 Å². The standard InChI is InChI=1S/C18H25NO2/c1-12(2)19-17(21)14-7-5-13(6-8-14)15-9-16(20)11-18(3,4)10-15/h5-9,12,16,20H,10-11H2,1-4H3,(H,19,21). The fourth-order valence-electron chi connectivity index (χ4n) is 2.88. The number of carbonyl (C=O) groups excluding carboxylic acids is 1. The Labute approximate surface area is 127 Å². The van der Waals surface area contributed by atoms with Crippen LogP contribution in [0.1, 0.15) is 56.5 Å². The Morgan fingerprint density at radius 1 is 1.29 bits per heavy atom. The smallest absolute Gasteiger partial charge is 0.251 e. The first-order chi connectivity index (χ1) is 9.77. The molecule has 1 atom stereocenters. The van der Waals surface area contributed by atoms with E-state index in [1.165, 1.54) is 0 Å². The molecule has 114 valence electrons. The number of rotatable bonds is 3. The van der Waals surface area contributed by atoms with Crippen molar-refractivity contribution in [2.24, 2.45) is 5.41 Å². The third-order valence-electron chi connectivity index (χ3n) is 3.76. The Morgan fingerprint density at radius 2 is 1.90 bits per heavy atom. The summed E-state index contributed by atoms with van der Waals surface area (Å²) in [6, 6.07) is 7.77. The number of allylic oxidation sites excluding steroid dienone is 1. The summed E-state index contributed by atoms with van der Waals surface area (Å²) in [4.78, 5) is 11.9. The Hall–Kier alpha value is -1.61. The van der Waals surface area contributed by atoms with Crippen LogP contribution >= 0.6 is 0 Å². The number of amides is 1. The zero-order valence-electron chi connectivity index (χ0n) is 13.3. The first-order valence-electron chi connectivity index (χ1n) is 7.57. The van der Waals surface area contributed by atoms with Crippen molar-refractivity contribution in [3.05, 3.63) is 41.5 Å². The highest BCUT2D eigenvalue weighted by atomic mass is 16.3. The van der Waals surface area contributed by atoms with Crippen molar-refractivity contribution in [1.29, 1.82) is 0 Å². The molecule has 0 fully saturated rings. The SMILES string of the molecule is CC(C)NC(=O)c1ccc(C2=CC(O)CC(C)(C)C2)cc1. The van der Waals surface area contributed by atoms with E-state index >= 15 is 0 Å². The Bertz CT molecular complexity index is 541. The quantitative estimate of drug-likeness (QED) is 0.895. The lowest BCUT2D eigenvalue weighted by Gasteiger charge is -2.32. The van der Waals surface area contributed by atoms with Crippen molar-refractivity contribution < 1.29 is 9.90 Å². The van der Waals surface area contributed by atoms with E-state index in [1.54, 1.807) is 0 Å². The summed E-state index contributed by atoms with van der Waals surface area (Å²) in [5, 5.41) is 12.9. The normalized spacial score (nSPS) is 21.0. The number of aliphatic hydroxyl groups is 1. The Morgan fingerprint density at radius 3 is 2.43 bits per heavy atom. The second-order valence-corrected chi connectivity index (χ2v) is 7.01. The van der Waals surface area contributed by atoms with Gasteiger partial charge in [0.1, 0.15) is 0 Å². The molecule has 0 bridgehead atoms. The summed E-state index contributed by atoms with van der Waals surface area (Å²) in [5.41, 5.74) is 3.03. The molecule has 1 unspecified atom stereocenters. The van der Waals surface area contributed by atoms with E-state index < -0.39 is 0 Å². The van der Waals surface area contributed by atoms with E-state index in [2.05, 4.69) is 19.2 Å². The lowest BCUT2D eigenvalue weighted by molar-refractivity contribution is 0.0943. The molecule has 2 N–H and O–H groups in total. The lowest BCUT2D eigenvalue weighted by Crippen LogP contribution is -2.30. The van der Waals surface area contributed by atoms with Crippen LogP contribution in [0.5, 0.6) is 0 Å². The van der Waals surface area contributed by atoms with Crippen molar-refractivity contribution in [3.63, 3.8) is 0 Å². The molecular weight excluding hydrogens is 262 g/mol. The molecule has 0 saturated heterocycles. The van der Waals surface area contributed by atoms with Gasteiger partial charge in [-0.1, -0.05) is 32.1 Å². The molecule has 0 heterocycles. The Balaban J connectivity index is 2.17. The maximum atomic E-state index is 11.9. The molecule has 2 rings (SSSR count). The van der Waals surface area contributed by atoms with Crippen molar-refractivity contribution in [3.8, 4) is 0 Å². The Kier molecular flexibility index (Phi) is 4.52. The number of aliphatic hydroxyl groups excluding tert-OH is 1. The summed E-state index contributed by atoms with van der Waals surface area (Å²) in [6.07, 6.45) is 3.30. The van der Waals surface area contributed by atoms with Crippen LogP contribution in [-0.4, -0.2) is 23.2 Å². The lowest BCUT2D eigenvalue weighted by atomic mass is 9.74. The highest BCUT2D eigenvalue weighted by molar-refractivity contribution is 5.94. The van der Waals surface area contributed by atoms with Crippen LogP contribution < -0.4 is 5.32 Å². The molecule has 3 heteroatoms. The van der Waals surface area contributed by atoms with E-state index in [4.69, 9.17) is 0 Å². The third-order valence-corrected chi connectivity index (χ3v) is 3.76. The molecule has 0 saturated carbocycles. The van der Waals surface area contributed by atoms with Crippen LogP contribution in [0.2, 0.25) is 0 Å². The second kappa shape index (κ2) is 6.02. The number of hydrogen-bond acceptors (Lipinski definition) is 2. The minimum atomic E-state index is -0.382. The molecule has 1 aromatic rings. The summed E-state index contributed by atoms with van der Waals surface area (Å²) < 4.78 is 0. The van der Waals surface area contributed by atoms with Crippen LogP contribution in [0.4, 0.5) is 0 Å². The highest BCUT2D eigenvalue weighted by Crippen LogP contribution is 2.39. The van der Waals surface area contributed by atoms with E-state index in [1.807, 2.05) is 44.2 Å². The van der Waals surface area contributed by atoms with Gasteiger partial charge in [0.2, 0.25) is 0 Å². The van der Waals surface area contributed by atoms with Gasteiger partial charge in [-0.15, -0.1) is 0 Å². The zero-order valence-corrected chi connectivity index (χ0v) is 13.3. The van der Waals surface area contributed by atoms with Gasteiger partial charge in [0.05, 0.1) is 6.10 Å². The van der Waals surface area contributed by atoms with Crippen LogP contribution in [-0.2, 0) is 0 Å². The largest absolute Gasteiger partial charge is 0.389 e. The number of hydrogen-bond donors (Lipinski definition) is 2. The van der Waals surface area contributed by atoms with Crippen LogP contribution in [0, 0.1) is 5.41 Å². The monoisotopic (exact) mass is 287 g/mol. The van der Waals surface area contributed by atoms with Gasteiger partial charge in [-0.2, -0.15) is 0 Å². The summed E-state index contributed by atoms with van der Waals surface area (Å²) >= 11 is 0. The molecule has 0 radical (unpaired) electrons. The van der Waals surface area contributed by atoms with E-state index in [0.29, 0.717) is 5.56 Å². The summed E-state index contributed by atoms with van der Waals surface area (Å²) in [7, 11) is 0. The minimum absolute atomic E-state index is 0.0467. The predicted octanol–water partition coefficient (Wildman–Crippen LogP) is 3.39. The number of benzene rings is 1. The van der Waals surface area contributed by atoms with Crippen molar-refractivity contribution >= 4 is 11.5 Å². The van der Waals surface area contributed by atoms with Gasteiger partial charge < -0.3 is 10.4 Å². The topological polar surface area (TPSA) is 49.3 Å². The average molecular weight is 287 g/mol. The fourth-order valence-corrected chi connectivity index (χ4v) is 2.88. The number of nitrogens with one attached hydrogen (secondary N) is 1. The van der Waals surface area contributed by atoms with Crippen LogP contribution in [0.15, 0.2) is 30.3 Å². The molecule has 1 aliphatic carbocycles. The third kappa shape index (κ3) is 4.18. The van der Waals surface area contributed by atoms with Crippen molar-refractivity contribution in [2.75, 3.05) is 0 Å². The molecule has 0 aromatic heterocycles. The molecule has 1 amide bonds. The molecule has 3 nitrogen and oxygen atoms in total. The maximum Gasteiger partial charge on any atom is 0.251 e. The second-order valence-electron chi connectivity index (χ2n) is 7.01. The summed E-state index contributed by atoms with van der Waals surface area (Å²) in [5.74, 6) is -0.0467. The van der Waals surface area contributed by atoms with E-state index in [9.17, 15) is 9.90 Å². The van der Waals surface area contributed by atoms with Gasteiger partial charge in [-0.05, 0) is 55.4 Å². The first kappa shape index (κ1) is 15.8. The van der Waals surface area contributed by atoms with Gasteiger partial charge in [0.25, 0.3) is 5.91 Å². The predicted molar refractivity (Wildman–Crippen MR) is 86.0 cm³/mol. The highest BCUT2D eigenvalue weighted by Gasteiger charge is 2.28. The minimum Gasteiger partial charge on any atom is -0.389 e. The molecule has 1 aliphatic rings. The average Bonchev–Trinajstić information content (AvgIpc) is 2.35.